The van der Waals surface area contributed by atoms with Crippen LogP contribution in [0.15, 0.2) is 29.2 Å². The standard InChI is InChI=1S/C15H22N2O3S/c18-11-15(9-1-2-10-15)16-12-5-7-14(8-6-12)21(19,20)17-13-3-4-13/h5-8,13,16-18H,1-4,9-11H2. The van der Waals surface area contributed by atoms with Crippen molar-refractivity contribution >= 4 is 15.7 Å². The van der Waals surface area contributed by atoms with Crippen LogP contribution in [-0.2, 0) is 10.0 Å². The van der Waals surface area contributed by atoms with Gasteiger partial charge >= 0.3 is 0 Å². The van der Waals surface area contributed by atoms with Gasteiger partial charge in [0.05, 0.1) is 17.0 Å². The molecule has 116 valence electrons. The Morgan fingerprint density at radius 1 is 1.14 bits per heavy atom. The number of sulfonamides is 1. The number of aliphatic hydroxyl groups is 1. The van der Waals surface area contributed by atoms with Crippen molar-refractivity contribution in [2.24, 2.45) is 0 Å². The van der Waals surface area contributed by atoms with Gasteiger partial charge in [-0.3, -0.25) is 0 Å². The molecule has 2 fully saturated rings. The Morgan fingerprint density at radius 2 is 1.76 bits per heavy atom. The average Bonchev–Trinajstić information content (AvgIpc) is 3.15. The highest BCUT2D eigenvalue weighted by atomic mass is 32.2. The van der Waals surface area contributed by atoms with Gasteiger partial charge in [-0.2, -0.15) is 0 Å². The SMILES string of the molecule is O=S(=O)(NC1CC1)c1ccc(NC2(CO)CCCC2)cc1. The maximum absolute atomic E-state index is 12.1. The zero-order valence-electron chi connectivity index (χ0n) is 12.0. The highest BCUT2D eigenvalue weighted by Crippen LogP contribution is 2.33. The topological polar surface area (TPSA) is 78.4 Å². The average molecular weight is 310 g/mol. The number of hydrogen-bond acceptors (Lipinski definition) is 4. The van der Waals surface area contributed by atoms with Crippen LogP contribution in [-0.4, -0.2) is 31.7 Å². The van der Waals surface area contributed by atoms with Crippen LogP contribution in [0.5, 0.6) is 0 Å². The molecule has 3 N–H and O–H groups in total. The highest BCUT2D eigenvalue weighted by molar-refractivity contribution is 7.89. The Labute approximate surface area is 125 Å². The molecule has 3 rings (SSSR count). The van der Waals surface area contributed by atoms with Crippen molar-refractivity contribution in [3.8, 4) is 0 Å². The molecule has 5 nitrogen and oxygen atoms in total. The van der Waals surface area contributed by atoms with Gasteiger partial charge < -0.3 is 10.4 Å². The summed E-state index contributed by atoms with van der Waals surface area (Å²) in [6, 6.07) is 6.90. The summed E-state index contributed by atoms with van der Waals surface area (Å²) in [5.41, 5.74) is 0.614. The van der Waals surface area contributed by atoms with E-state index in [1.165, 1.54) is 0 Å². The molecule has 0 bridgehead atoms. The second kappa shape index (κ2) is 5.59. The summed E-state index contributed by atoms with van der Waals surface area (Å²) in [7, 11) is -3.39. The van der Waals surface area contributed by atoms with Crippen LogP contribution in [0.3, 0.4) is 0 Å². The van der Waals surface area contributed by atoms with Gasteiger partial charge in [-0.05, 0) is 49.9 Å². The molecule has 0 unspecified atom stereocenters. The summed E-state index contributed by atoms with van der Waals surface area (Å²) in [6.45, 7) is 0.107. The van der Waals surface area contributed by atoms with E-state index < -0.39 is 10.0 Å². The molecule has 2 aliphatic carbocycles. The van der Waals surface area contributed by atoms with Gasteiger partial charge in [0, 0.05) is 11.7 Å². The van der Waals surface area contributed by atoms with E-state index in [-0.39, 0.29) is 18.2 Å². The smallest absolute Gasteiger partial charge is 0.240 e. The molecule has 1 aromatic carbocycles. The number of aliphatic hydroxyl groups excluding tert-OH is 1. The molecule has 6 heteroatoms. The maximum atomic E-state index is 12.1. The molecule has 1 aromatic rings. The third kappa shape index (κ3) is 3.39. The van der Waals surface area contributed by atoms with Gasteiger partial charge in [0.25, 0.3) is 0 Å². The zero-order chi connectivity index (χ0) is 14.9. The molecule has 0 heterocycles. The van der Waals surface area contributed by atoms with Crippen molar-refractivity contribution in [3.05, 3.63) is 24.3 Å². The first-order valence-corrected chi connectivity index (χ1v) is 9.03. The lowest BCUT2D eigenvalue weighted by atomic mass is 9.98. The molecule has 2 saturated carbocycles. The van der Waals surface area contributed by atoms with E-state index >= 15 is 0 Å². The van der Waals surface area contributed by atoms with Gasteiger partial charge in [-0.25, -0.2) is 13.1 Å². The fraction of sp³-hybridized carbons (Fsp3) is 0.600. The van der Waals surface area contributed by atoms with Crippen molar-refractivity contribution in [1.29, 1.82) is 0 Å². The zero-order valence-corrected chi connectivity index (χ0v) is 12.8. The second-order valence-corrected chi connectivity index (χ2v) is 7.90. The van der Waals surface area contributed by atoms with Gasteiger partial charge in [-0.1, -0.05) is 12.8 Å². The molecular weight excluding hydrogens is 288 g/mol. The summed E-state index contributed by atoms with van der Waals surface area (Å²) < 4.78 is 26.8. The van der Waals surface area contributed by atoms with E-state index in [1.54, 1.807) is 24.3 Å². The van der Waals surface area contributed by atoms with Crippen LogP contribution in [0.2, 0.25) is 0 Å². The third-order valence-electron chi connectivity index (χ3n) is 4.34. The van der Waals surface area contributed by atoms with Gasteiger partial charge in [0.2, 0.25) is 10.0 Å². The molecular formula is C15H22N2O3S. The van der Waals surface area contributed by atoms with Crippen LogP contribution < -0.4 is 10.0 Å². The summed E-state index contributed by atoms with van der Waals surface area (Å²) >= 11 is 0. The van der Waals surface area contributed by atoms with Crippen molar-refractivity contribution in [1.82, 2.24) is 4.72 Å². The van der Waals surface area contributed by atoms with E-state index in [4.69, 9.17) is 0 Å². The Hall–Kier alpha value is -1.11. The molecule has 0 atom stereocenters. The van der Waals surface area contributed by atoms with Crippen molar-refractivity contribution in [2.75, 3.05) is 11.9 Å². The second-order valence-electron chi connectivity index (χ2n) is 6.19. The first-order chi connectivity index (χ1) is 10.0. The minimum Gasteiger partial charge on any atom is -0.394 e. The fourth-order valence-corrected chi connectivity index (χ4v) is 4.19. The number of benzene rings is 1. The van der Waals surface area contributed by atoms with Crippen molar-refractivity contribution in [2.45, 2.75) is 55.0 Å². The normalized spacial score (nSPS) is 21.4. The predicted molar refractivity (Wildman–Crippen MR) is 81.7 cm³/mol. The van der Waals surface area contributed by atoms with Crippen LogP contribution in [0, 0.1) is 0 Å². The van der Waals surface area contributed by atoms with Crippen LogP contribution in [0.4, 0.5) is 5.69 Å². The lowest BCUT2D eigenvalue weighted by Crippen LogP contribution is -2.38. The lowest BCUT2D eigenvalue weighted by molar-refractivity contribution is 0.214. The summed E-state index contributed by atoms with van der Waals surface area (Å²) in [6.07, 6.45) is 5.99. The van der Waals surface area contributed by atoms with Crippen LogP contribution >= 0.6 is 0 Å². The van der Waals surface area contributed by atoms with E-state index in [9.17, 15) is 13.5 Å². The largest absolute Gasteiger partial charge is 0.394 e. The highest BCUT2D eigenvalue weighted by Gasteiger charge is 2.33. The molecule has 0 aliphatic heterocycles. The van der Waals surface area contributed by atoms with E-state index in [0.29, 0.717) is 4.90 Å². The lowest BCUT2D eigenvalue weighted by Gasteiger charge is -2.29. The third-order valence-corrected chi connectivity index (χ3v) is 5.87. The first kappa shape index (κ1) is 14.8. The fourth-order valence-electron chi connectivity index (χ4n) is 2.89. The molecule has 2 aliphatic rings. The van der Waals surface area contributed by atoms with Crippen molar-refractivity contribution in [3.63, 3.8) is 0 Å². The van der Waals surface area contributed by atoms with E-state index in [2.05, 4.69) is 10.0 Å². The van der Waals surface area contributed by atoms with Crippen LogP contribution in [0.25, 0.3) is 0 Å². The van der Waals surface area contributed by atoms with E-state index in [1.807, 2.05) is 0 Å². The first-order valence-electron chi connectivity index (χ1n) is 7.55. The molecule has 0 amide bonds. The van der Waals surface area contributed by atoms with Gasteiger partial charge in [0.15, 0.2) is 0 Å². The van der Waals surface area contributed by atoms with Gasteiger partial charge in [0.1, 0.15) is 0 Å². The molecule has 0 saturated heterocycles. The Kier molecular flexibility index (Phi) is 3.94. The predicted octanol–water partition coefficient (Wildman–Crippen LogP) is 1.84. The number of nitrogens with one attached hydrogen (secondary N) is 2. The molecule has 0 radical (unpaired) electrons. The van der Waals surface area contributed by atoms with E-state index in [0.717, 1.165) is 44.2 Å². The Bertz CT molecular complexity index is 588. The summed E-state index contributed by atoms with van der Waals surface area (Å²) in [5, 5.41) is 13.0. The molecule has 0 aromatic heterocycles. The number of rotatable bonds is 6. The minimum absolute atomic E-state index is 0.107. The van der Waals surface area contributed by atoms with Gasteiger partial charge in [-0.15, -0.1) is 0 Å². The number of hydrogen-bond donors (Lipinski definition) is 3. The quantitative estimate of drug-likeness (QED) is 0.749. The number of anilines is 1. The monoisotopic (exact) mass is 310 g/mol. The Morgan fingerprint density at radius 3 is 2.29 bits per heavy atom. The maximum Gasteiger partial charge on any atom is 0.240 e. The molecule has 0 spiro atoms. The molecule has 21 heavy (non-hydrogen) atoms. The Balaban J connectivity index is 1.71. The summed E-state index contributed by atoms with van der Waals surface area (Å²) in [5.74, 6) is 0. The minimum atomic E-state index is -3.39. The summed E-state index contributed by atoms with van der Waals surface area (Å²) in [4.78, 5) is 0.296. The van der Waals surface area contributed by atoms with Crippen molar-refractivity contribution < 1.29 is 13.5 Å². The van der Waals surface area contributed by atoms with Crippen LogP contribution in [0.1, 0.15) is 38.5 Å².